The fraction of sp³-hybridized carbons (Fsp3) is 0.455. The maximum Gasteiger partial charge on any atom is 0.129 e. The highest BCUT2D eigenvalue weighted by atomic mass is 28.3. The molecule has 0 aromatic heterocycles. The zero-order valence-corrected chi connectivity index (χ0v) is 14.2. The van der Waals surface area contributed by atoms with E-state index in [1.807, 2.05) is 12.1 Å². The van der Waals surface area contributed by atoms with Gasteiger partial charge < -0.3 is 9.22 Å². The number of aryl methyl sites for hydroxylation is 2. The van der Waals surface area contributed by atoms with Crippen LogP contribution in [-0.4, -0.2) is 26.1 Å². The molecular formula is C11H22O2Si2. The molecule has 0 saturated carbocycles. The standard InChI is InChI=1S/C11H16O.H6OSi2/c1-3-4-5-10-8-11(12)7-6-9(10)2;2-1-3/h6-8,12H,3-5H2,1-2H3;2-3H3. The molecule has 0 aliphatic rings. The van der Waals surface area contributed by atoms with Gasteiger partial charge in [0.1, 0.15) is 26.7 Å². The molecule has 0 atom stereocenters. The van der Waals surface area contributed by atoms with Gasteiger partial charge in [0.15, 0.2) is 0 Å². The van der Waals surface area contributed by atoms with Crippen LogP contribution in [0.5, 0.6) is 5.75 Å². The summed E-state index contributed by atoms with van der Waals surface area (Å²) in [4.78, 5) is 0. The Balaban J connectivity index is 0.000000583. The number of unbranched alkanes of at least 4 members (excludes halogenated alkanes) is 1. The second kappa shape index (κ2) is 8.70. The Morgan fingerprint density at radius 3 is 2.47 bits per heavy atom. The van der Waals surface area contributed by atoms with Gasteiger partial charge in [0.05, 0.1) is 0 Å². The third-order valence-electron chi connectivity index (χ3n) is 2.13. The van der Waals surface area contributed by atoms with E-state index in [0.717, 1.165) is 27.4 Å². The van der Waals surface area contributed by atoms with Gasteiger partial charge >= 0.3 is 0 Å². The van der Waals surface area contributed by atoms with Gasteiger partial charge in [0.2, 0.25) is 0 Å². The van der Waals surface area contributed by atoms with Crippen molar-refractivity contribution >= 4 is 21.0 Å². The van der Waals surface area contributed by atoms with Crippen LogP contribution >= 0.6 is 0 Å². The topological polar surface area (TPSA) is 29.5 Å². The van der Waals surface area contributed by atoms with E-state index < -0.39 is 0 Å². The summed E-state index contributed by atoms with van der Waals surface area (Å²) >= 11 is 0. The van der Waals surface area contributed by atoms with E-state index in [2.05, 4.69) is 18.0 Å². The van der Waals surface area contributed by atoms with Crippen molar-refractivity contribution in [2.45, 2.75) is 33.1 Å². The molecule has 2 nitrogen and oxygen atoms in total. The highest BCUT2D eigenvalue weighted by Crippen LogP contribution is 2.17. The number of hydrogen-bond acceptors (Lipinski definition) is 2. The fourth-order valence-corrected chi connectivity index (χ4v) is 1.29. The summed E-state index contributed by atoms with van der Waals surface area (Å²) in [6.07, 6.45) is 3.48. The molecule has 86 valence electrons. The Labute approximate surface area is 98.8 Å². The predicted molar refractivity (Wildman–Crippen MR) is 72.4 cm³/mol. The molecule has 0 spiro atoms. The molecular weight excluding hydrogens is 220 g/mol. The molecule has 0 radical (unpaired) electrons. The summed E-state index contributed by atoms with van der Waals surface area (Å²) in [5.74, 6) is 0.381. The van der Waals surface area contributed by atoms with E-state index in [9.17, 15) is 5.11 Å². The van der Waals surface area contributed by atoms with Crippen molar-refractivity contribution in [1.82, 2.24) is 0 Å². The Morgan fingerprint density at radius 2 is 1.93 bits per heavy atom. The minimum atomic E-state index is 0.381. The summed E-state index contributed by atoms with van der Waals surface area (Å²) in [7, 11) is 1.86. The second-order valence-corrected chi connectivity index (χ2v) is 6.89. The minimum Gasteiger partial charge on any atom is -0.508 e. The third kappa shape index (κ3) is 6.49. The van der Waals surface area contributed by atoms with E-state index in [4.69, 9.17) is 0 Å². The Bertz CT molecular complexity index is 277. The lowest BCUT2D eigenvalue weighted by Crippen LogP contribution is -1.88. The summed E-state index contributed by atoms with van der Waals surface area (Å²) in [6.45, 7) is 4.27. The van der Waals surface area contributed by atoms with Crippen LogP contribution in [0.2, 0.25) is 0 Å². The molecule has 1 aromatic rings. The van der Waals surface area contributed by atoms with Crippen LogP contribution in [0, 0.1) is 6.92 Å². The number of benzene rings is 1. The lowest BCUT2D eigenvalue weighted by Gasteiger charge is -2.04. The number of rotatable bonds is 3. The first kappa shape index (κ1) is 14.4. The van der Waals surface area contributed by atoms with Crippen LogP contribution < -0.4 is 0 Å². The number of hydrogen-bond donors (Lipinski definition) is 1. The maximum absolute atomic E-state index is 9.24. The Kier molecular flexibility index (Phi) is 8.36. The smallest absolute Gasteiger partial charge is 0.129 e. The van der Waals surface area contributed by atoms with Crippen molar-refractivity contribution in [2.75, 3.05) is 0 Å². The zero-order valence-electron chi connectivity index (χ0n) is 10.2. The van der Waals surface area contributed by atoms with Crippen molar-refractivity contribution < 1.29 is 9.22 Å². The Morgan fingerprint density at radius 1 is 1.33 bits per heavy atom. The van der Waals surface area contributed by atoms with Crippen molar-refractivity contribution in [1.29, 1.82) is 0 Å². The normalized spacial score (nSPS) is 9.73. The molecule has 0 unspecified atom stereocenters. The zero-order chi connectivity index (χ0) is 11.7. The molecule has 0 aliphatic heterocycles. The molecule has 0 bridgehead atoms. The quantitative estimate of drug-likeness (QED) is 0.787. The van der Waals surface area contributed by atoms with Crippen LogP contribution in [0.4, 0.5) is 0 Å². The van der Waals surface area contributed by atoms with Crippen molar-refractivity contribution in [2.24, 2.45) is 0 Å². The van der Waals surface area contributed by atoms with Crippen molar-refractivity contribution in [3.63, 3.8) is 0 Å². The second-order valence-electron chi connectivity index (χ2n) is 3.62. The van der Waals surface area contributed by atoms with Crippen molar-refractivity contribution in [3.8, 4) is 5.75 Å². The van der Waals surface area contributed by atoms with Crippen molar-refractivity contribution in [3.05, 3.63) is 29.3 Å². The lowest BCUT2D eigenvalue weighted by molar-refractivity contribution is 0.474. The van der Waals surface area contributed by atoms with E-state index in [0.29, 0.717) is 5.75 Å². The molecule has 0 fully saturated rings. The van der Waals surface area contributed by atoms with Gasteiger partial charge in [-0.25, -0.2) is 0 Å². The van der Waals surface area contributed by atoms with Gasteiger partial charge in [-0.05, 0) is 43.0 Å². The molecule has 0 amide bonds. The van der Waals surface area contributed by atoms with Crippen LogP contribution in [-0.2, 0) is 10.5 Å². The number of aromatic hydroxyl groups is 1. The first-order valence-electron chi connectivity index (χ1n) is 5.34. The highest BCUT2D eigenvalue weighted by molar-refractivity contribution is 6.15. The van der Waals surface area contributed by atoms with E-state index in [1.165, 1.54) is 24.0 Å². The maximum atomic E-state index is 9.24. The first-order valence-corrected chi connectivity index (χ1v) is 6.97. The summed E-state index contributed by atoms with van der Waals surface area (Å²) < 4.78 is 4.53. The van der Waals surface area contributed by atoms with E-state index in [1.54, 1.807) is 6.07 Å². The van der Waals surface area contributed by atoms with E-state index >= 15 is 0 Å². The van der Waals surface area contributed by atoms with Crippen LogP contribution in [0.1, 0.15) is 30.9 Å². The van der Waals surface area contributed by atoms with Gasteiger partial charge in [0, 0.05) is 0 Å². The summed E-state index contributed by atoms with van der Waals surface area (Å²) in [5, 5.41) is 9.24. The largest absolute Gasteiger partial charge is 0.508 e. The lowest BCUT2D eigenvalue weighted by atomic mass is 10.0. The molecule has 0 heterocycles. The SMILES string of the molecule is CCCCc1cc(O)ccc1C.[SiH3]O[SiH3]. The Hall–Kier alpha value is -0.586. The monoisotopic (exact) mass is 242 g/mol. The minimum absolute atomic E-state index is 0.381. The average Bonchev–Trinajstić information content (AvgIpc) is 2.21. The summed E-state index contributed by atoms with van der Waals surface area (Å²) in [5.41, 5.74) is 2.55. The highest BCUT2D eigenvalue weighted by Gasteiger charge is 1.98. The van der Waals surface area contributed by atoms with E-state index in [-0.39, 0.29) is 0 Å². The first-order chi connectivity index (χ1) is 7.15. The van der Waals surface area contributed by atoms with Crippen LogP contribution in [0.15, 0.2) is 18.2 Å². The van der Waals surface area contributed by atoms with Gasteiger partial charge in [0.25, 0.3) is 0 Å². The predicted octanol–water partition coefficient (Wildman–Crippen LogP) is 0.607. The number of phenolic OH excluding ortho intramolecular Hbond substituents is 1. The molecule has 0 aliphatic carbocycles. The van der Waals surface area contributed by atoms with Crippen LogP contribution in [0.3, 0.4) is 0 Å². The number of phenols is 1. The fourth-order valence-electron chi connectivity index (χ4n) is 1.29. The summed E-state index contributed by atoms with van der Waals surface area (Å²) in [6, 6.07) is 5.58. The molecule has 1 N–H and O–H groups in total. The molecule has 15 heavy (non-hydrogen) atoms. The van der Waals surface area contributed by atoms with Gasteiger partial charge in [-0.1, -0.05) is 19.4 Å². The molecule has 1 rings (SSSR count). The third-order valence-corrected chi connectivity index (χ3v) is 2.13. The van der Waals surface area contributed by atoms with Gasteiger partial charge in [-0.2, -0.15) is 0 Å². The molecule has 1 aromatic carbocycles. The molecule has 0 saturated heterocycles. The van der Waals surface area contributed by atoms with Gasteiger partial charge in [-0.15, -0.1) is 0 Å². The average molecular weight is 242 g/mol. The van der Waals surface area contributed by atoms with Crippen LogP contribution in [0.25, 0.3) is 0 Å². The molecule has 4 heteroatoms. The van der Waals surface area contributed by atoms with Gasteiger partial charge in [-0.3, -0.25) is 0 Å².